The van der Waals surface area contributed by atoms with Crippen molar-refractivity contribution in [2.45, 2.75) is 45.1 Å². The molecule has 0 atom stereocenters. The van der Waals surface area contributed by atoms with Crippen LogP contribution in [0.2, 0.25) is 0 Å². The second-order valence-corrected chi connectivity index (χ2v) is 8.99. The van der Waals surface area contributed by atoms with E-state index in [0.29, 0.717) is 24.2 Å². The number of likely N-dealkylation sites (tertiary alicyclic amines) is 1. The second kappa shape index (κ2) is 11.3. The Morgan fingerprint density at radius 3 is 2.56 bits per heavy atom. The van der Waals surface area contributed by atoms with Gasteiger partial charge in [0.05, 0.1) is 11.3 Å². The number of nitrogens with one attached hydrogen (secondary N) is 1. The van der Waals surface area contributed by atoms with E-state index in [2.05, 4.69) is 22.3 Å². The van der Waals surface area contributed by atoms with Crippen molar-refractivity contribution in [2.24, 2.45) is 0 Å². The summed E-state index contributed by atoms with van der Waals surface area (Å²) in [6, 6.07) is 18.3. The number of aromatic nitrogens is 1. The first-order valence-electron chi connectivity index (χ1n) is 12.0. The fourth-order valence-electron chi connectivity index (χ4n) is 4.59. The molecule has 4 nitrogen and oxygen atoms in total. The number of rotatable bonds is 8. The van der Waals surface area contributed by atoms with E-state index in [1.165, 1.54) is 5.56 Å². The molecule has 1 fully saturated rings. The molecule has 2 heterocycles. The lowest BCUT2D eigenvalue weighted by Gasteiger charge is -2.32. The van der Waals surface area contributed by atoms with E-state index < -0.39 is 11.6 Å². The molecule has 4 rings (SSSR count). The number of hydrogen-bond donors (Lipinski definition) is 1. The quantitative estimate of drug-likeness (QED) is 0.455. The van der Waals surface area contributed by atoms with Crippen molar-refractivity contribution in [1.29, 1.82) is 0 Å². The molecule has 0 aliphatic carbocycles. The molecule has 1 N–H and O–H groups in total. The maximum Gasteiger partial charge on any atom is 0.253 e. The molecular formula is C28H31F2N3O. The Bertz CT molecular complexity index is 1110. The maximum atomic E-state index is 14.1. The van der Waals surface area contributed by atoms with Gasteiger partial charge in [0.25, 0.3) is 5.91 Å². The van der Waals surface area contributed by atoms with Crippen LogP contribution in [0.25, 0.3) is 0 Å². The van der Waals surface area contributed by atoms with Gasteiger partial charge in [0.2, 0.25) is 0 Å². The molecule has 178 valence electrons. The van der Waals surface area contributed by atoms with Crippen molar-refractivity contribution in [3.63, 3.8) is 0 Å². The molecule has 0 bridgehead atoms. The third-order valence-electron chi connectivity index (χ3n) is 6.48. The molecule has 1 saturated heterocycles. The highest BCUT2D eigenvalue weighted by Gasteiger charge is 2.26. The monoisotopic (exact) mass is 463 g/mol. The molecule has 0 spiro atoms. The van der Waals surface area contributed by atoms with Crippen LogP contribution in [0.3, 0.4) is 0 Å². The third kappa shape index (κ3) is 6.06. The minimum atomic E-state index is -0.809. The van der Waals surface area contributed by atoms with Crippen LogP contribution in [-0.4, -0.2) is 35.4 Å². The number of carbonyl (C=O) groups excluding carboxylic acids is 1. The number of halogens is 2. The predicted octanol–water partition coefficient (Wildman–Crippen LogP) is 5.41. The number of carbonyl (C=O) groups is 1. The lowest BCUT2D eigenvalue weighted by Crippen LogP contribution is -2.34. The van der Waals surface area contributed by atoms with Crippen LogP contribution in [0, 0.1) is 18.6 Å². The first-order valence-corrected chi connectivity index (χ1v) is 12.0. The van der Waals surface area contributed by atoms with E-state index in [9.17, 15) is 13.6 Å². The summed E-state index contributed by atoms with van der Waals surface area (Å²) in [6.45, 7) is 4.42. The first kappa shape index (κ1) is 24.0. The normalized spacial score (nSPS) is 14.8. The number of amides is 1. The average Bonchev–Trinajstić information content (AvgIpc) is 2.85. The Morgan fingerprint density at radius 1 is 1.03 bits per heavy atom. The Labute approximate surface area is 200 Å². The molecule has 1 amide bonds. The molecule has 0 unspecified atom stereocenters. The van der Waals surface area contributed by atoms with Gasteiger partial charge in [-0.3, -0.25) is 14.7 Å². The Kier molecular flexibility index (Phi) is 8.01. The molecule has 6 heteroatoms. The summed E-state index contributed by atoms with van der Waals surface area (Å²) in [5.41, 5.74) is 4.01. The Hall–Kier alpha value is -3.12. The highest BCUT2D eigenvalue weighted by molar-refractivity contribution is 5.95. The van der Waals surface area contributed by atoms with Gasteiger partial charge in [-0.05, 0) is 69.5 Å². The summed E-state index contributed by atoms with van der Waals surface area (Å²) in [7, 11) is 0. The largest absolute Gasteiger partial charge is 0.352 e. The molecule has 1 aliphatic heterocycles. The molecule has 1 aromatic heterocycles. The molecule has 2 aromatic carbocycles. The van der Waals surface area contributed by atoms with Crippen LogP contribution in [0.15, 0.2) is 60.7 Å². The van der Waals surface area contributed by atoms with Gasteiger partial charge in [0.1, 0.15) is 0 Å². The van der Waals surface area contributed by atoms with E-state index in [0.717, 1.165) is 56.2 Å². The number of aryl methyl sites for hydroxylation is 2. The zero-order valence-electron chi connectivity index (χ0n) is 19.6. The van der Waals surface area contributed by atoms with Crippen molar-refractivity contribution in [3.05, 3.63) is 100 Å². The summed E-state index contributed by atoms with van der Waals surface area (Å²) < 4.78 is 27.6. The molecule has 3 aromatic rings. The third-order valence-corrected chi connectivity index (χ3v) is 6.48. The molecule has 0 saturated carbocycles. The summed E-state index contributed by atoms with van der Waals surface area (Å²) >= 11 is 0. The van der Waals surface area contributed by atoms with Gasteiger partial charge in [-0.25, -0.2) is 8.78 Å². The van der Waals surface area contributed by atoms with Crippen molar-refractivity contribution in [2.75, 3.05) is 19.6 Å². The van der Waals surface area contributed by atoms with Gasteiger partial charge >= 0.3 is 0 Å². The lowest BCUT2D eigenvalue weighted by atomic mass is 9.89. The van der Waals surface area contributed by atoms with Gasteiger partial charge in [-0.15, -0.1) is 0 Å². The van der Waals surface area contributed by atoms with Gasteiger partial charge in [0, 0.05) is 30.3 Å². The second-order valence-electron chi connectivity index (χ2n) is 8.99. The number of piperidine rings is 1. The lowest BCUT2D eigenvalue weighted by molar-refractivity contribution is 0.0950. The van der Waals surface area contributed by atoms with Crippen molar-refractivity contribution >= 4 is 5.91 Å². The van der Waals surface area contributed by atoms with Crippen molar-refractivity contribution in [3.8, 4) is 0 Å². The fraction of sp³-hybridized carbons (Fsp3) is 0.357. The highest BCUT2D eigenvalue weighted by atomic mass is 19.2. The maximum absolute atomic E-state index is 14.1. The number of hydrogen-bond acceptors (Lipinski definition) is 3. The predicted molar refractivity (Wildman–Crippen MR) is 130 cm³/mol. The zero-order valence-corrected chi connectivity index (χ0v) is 19.6. The molecule has 1 aliphatic rings. The van der Waals surface area contributed by atoms with E-state index in [1.54, 1.807) is 12.1 Å². The van der Waals surface area contributed by atoms with Crippen LogP contribution in [0.4, 0.5) is 8.78 Å². The van der Waals surface area contributed by atoms with Crippen molar-refractivity contribution in [1.82, 2.24) is 15.2 Å². The fourth-order valence-corrected chi connectivity index (χ4v) is 4.59. The van der Waals surface area contributed by atoms with Crippen LogP contribution >= 0.6 is 0 Å². The van der Waals surface area contributed by atoms with Crippen LogP contribution in [0.1, 0.15) is 58.1 Å². The summed E-state index contributed by atoms with van der Waals surface area (Å²) in [4.78, 5) is 19.8. The van der Waals surface area contributed by atoms with Gasteiger partial charge < -0.3 is 5.32 Å². The van der Waals surface area contributed by atoms with Gasteiger partial charge in [-0.2, -0.15) is 0 Å². The number of nitrogens with zero attached hydrogens (tertiary/aromatic N) is 2. The standard InChI is InChI=1S/C28H31F2N3O/c1-20-12-13-24(28(34)31-16-6-9-21-7-3-2-4-8-21)27(32-20)22-14-17-33(18-15-22)19-23-10-5-11-25(29)26(23)30/h2-5,7-8,10-13,22H,6,9,14-19H2,1H3,(H,31,34). The molecule has 0 radical (unpaired) electrons. The van der Waals surface area contributed by atoms with Crippen molar-refractivity contribution < 1.29 is 13.6 Å². The van der Waals surface area contributed by atoms with Gasteiger partial charge in [-0.1, -0.05) is 42.5 Å². The summed E-state index contributed by atoms with van der Waals surface area (Å²) in [6.07, 6.45) is 3.44. The highest BCUT2D eigenvalue weighted by Crippen LogP contribution is 2.30. The van der Waals surface area contributed by atoms with E-state index in [1.807, 2.05) is 37.3 Å². The van der Waals surface area contributed by atoms with E-state index in [4.69, 9.17) is 4.98 Å². The number of benzene rings is 2. The zero-order chi connectivity index (χ0) is 23.9. The smallest absolute Gasteiger partial charge is 0.253 e. The average molecular weight is 464 g/mol. The van der Waals surface area contributed by atoms with Gasteiger partial charge in [0.15, 0.2) is 11.6 Å². The molecule has 34 heavy (non-hydrogen) atoms. The van der Waals surface area contributed by atoms with E-state index in [-0.39, 0.29) is 11.8 Å². The number of pyridine rings is 1. The molecular weight excluding hydrogens is 432 g/mol. The minimum Gasteiger partial charge on any atom is -0.352 e. The SMILES string of the molecule is Cc1ccc(C(=O)NCCCc2ccccc2)c(C2CCN(Cc3cccc(F)c3F)CC2)n1. The first-order chi connectivity index (χ1) is 16.5. The summed E-state index contributed by atoms with van der Waals surface area (Å²) in [5, 5.41) is 3.05. The van der Waals surface area contributed by atoms with Crippen LogP contribution in [0.5, 0.6) is 0 Å². The Balaban J connectivity index is 1.34. The van der Waals surface area contributed by atoms with E-state index >= 15 is 0 Å². The Morgan fingerprint density at radius 2 is 1.79 bits per heavy atom. The minimum absolute atomic E-state index is 0.0835. The van der Waals surface area contributed by atoms with Crippen LogP contribution < -0.4 is 5.32 Å². The summed E-state index contributed by atoms with van der Waals surface area (Å²) in [5.74, 6) is -1.50. The topological polar surface area (TPSA) is 45.2 Å². The van der Waals surface area contributed by atoms with Crippen LogP contribution in [-0.2, 0) is 13.0 Å².